The largest absolute Gasteiger partial charge is 0.377 e. The summed E-state index contributed by atoms with van der Waals surface area (Å²) in [4.78, 5) is 0. The number of benzene rings is 1. The Morgan fingerprint density at radius 2 is 2.29 bits per heavy atom. The van der Waals surface area contributed by atoms with Gasteiger partial charge in [0.05, 0.1) is 6.10 Å². The summed E-state index contributed by atoms with van der Waals surface area (Å²) in [6.07, 6.45) is 4.53. The molecule has 2 unspecified atom stereocenters. The van der Waals surface area contributed by atoms with Crippen molar-refractivity contribution in [2.75, 3.05) is 13.2 Å². The quantitative estimate of drug-likeness (QED) is 0.869. The van der Waals surface area contributed by atoms with Gasteiger partial charge in [0.1, 0.15) is 5.82 Å². The molecule has 1 heterocycles. The molecule has 1 aromatic rings. The summed E-state index contributed by atoms with van der Waals surface area (Å²) in [6, 6.07) is 5.71. The highest BCUT2D eigenvalue weighted by molar-refractivity contribution is 5.35. The molecule has 0 radical (unpaired) electrons. The van der Waals surface area contributed by atoms with Crippen LogP contribution < -0.4 is 5.32 Å². The van der Waals surface area contributed by atoms with Gasteiger partial charge in [-0.3, -0.25) is 0 Å². The van der Waals surface area contributed by atoms with Gasteiger partial charge in [0.25, 0.3) is 0 Å². The highest BCUT2D eigenvalue weighted by Gasteiger charge is 2.25. The van der Waals surface area contributed by atoms with Crippen molar-refractivity contribution in [3.05, 3.63) is 35.1 Å². The molecule has 0 aromatic heterocycles. The summed E-state index contributed by atoms with van der Waals surface area (Å²) < 4.78 is 19.1. The van der Waals surface area contributed by atoms with E-state index in [1.165, 1.54) is 6.42 Å². The Kier molecular flexibility index (Phi) is 3.12. The van der Waals surface area contributed by atoms with Crippen molar-refractivity contribution in [1.29, 1.82) is 0 Å². The van der Waals surface area contributed by atoms with E-state index in [9.17, 15) is 4.39 Å². The first kappa shape index (κ1) is 11.2. The lowest BCUT2D eigenvalue weighted by Gasteiger charge is -2.17. The summed E-state index contributed by atoms with van der Waals surface area (Å²) >= 11 is 0. The molecule has 2 atom stereocenters. The fourth-order valence-electron chi connectivity index (χ4n) is 2.90. The SMILES string of the molecule is Fc1cccc2c1CCC2NCC1CCCO1. The van der Waals surface area contributed by atoms with Gasteiger partial charge in [0.15, 0.2) is 0 Å². The number of ether oxygens (including phenoxy) is 1. The van der Waals surface area contributed by atoms with E-state index >= 15 is 0 Å². The van der Waals surface area contributed by atoms with Gasteiger partial charge in [-0.25, -0.2) is 4.39 Å². The first-order chi connectivity index (χ1) is 8.34. The molecule has 0 bridgehead atoms. The zero-order valence-corrected chi connectivity index (χ0v) is 9.92. The fourth-order valence-corrected chi connectivity index (χ4v) is 2.90. The second-order valence-corrected chi connectivity index (χ2v) is 4.94. The van der Waals surface area contributed by atoms with Crippen molar-refractivity contribution >= 4 is 0 Å². The van der Waals surface area contributed by atoms with Crippen molar-refractivity contribution in [1.82, 2.24) is 5.32 Å². The summed E-state index contributed by atoms with van der Waals surface area (Å²) in [5.41, 5.74) is 2.04. The third-order valence-electron chi connectivity index (χ3n) is 3.83. The van der Waals surface area contributed by atoms with Crippen molar-refractivity contribution in [2.24, 2.45) is 0 Å². The minimum atomic E-state index is -0.0519. The Bertz CT molecular complexity index is 401. The summed E-state index contributed by atoms with van der Waals surface area (Å²) in [5, 5.41) is 3.52. The fraction of sp³-hybridized carbons (Fsp3) is 0.571. The van der Waals surface area contributed by atoms with E-state index in [1.807, 2.05) is 6.07 Å². The van der Waals surface area contributed by atoms with Crippen LogP contribution in [0.25, 0.3) is 0 Å². The zero-order chi connectivity index (χ0) is 11.7. The van der Waals surface area contributed by atoms with E-state index < -0.39 is 0 Å². The van der Waals surface area contributed by atoms with Gasteiger partial charge >= 0.3 is 0 Å². The first-order valence-electron chi connectivity index (χ1n) is 6.47. The van der Waals surface area contributed by atoms with Gasteiger partial charge in [-0.15, -0.1) is 0 Å². The van der Waals surface area contributed by atoms with E-state index in [1.54, 1.807) is 12.1 Å². The summed E-state index contributed by atoms with van der Waals surface area (Å²) in [6.45, 7) is 1.78. The maximum Gasteiger partial charge on any atom is 0.126 e. The van der Waals surface area contributed by atoms with Crippen LogP contribution in [0, 0.1) is 5.82 Å². The lowest BCUT2D eigenvalue weighted by atomic mass is 10.1. The molecule has 1 saturated heterocycles. The summed E-state index contributed by atoms with van der Waals surface area (Å²) in [5.74, 6) is -0.0519. The number of rotatable bonds is 3. The van der Waals surface area contributed by atoms with E-state index in [0.29, 0.717) is 12.1 Å². The summed E-state index contributed by atoms with van der Waals surface area (Å²) in [7, 11) is 0. The molecule has 1 fully saturated rings. The normalized spacial score (nSPS) is 27.4. The second kappa shape index (κ2) is 4.75. The van der Waals surface area contributed by atoms with E-state index in [-0.39, 0.29) is 5.82 Å². The minimum absolute atomic E-state index is 0.0519. The number of halogens is 1. The third kappa shape index (κ3) is 2.22. The lowest BCUT2D eigenvalue weighted by Crippen LogP contribution is -2.29. The molecule has 3 rings (SSSR count). The van der Waals surface area contributed by atoms with Crippen LogP contribution in [0.5, 0.6) is 0 Å². The van der Waals surface area contributed by atoms with Gasteiger partial charge in [0.2, 0.25) is 0 Å². The van der Waals surface area contributed by atoms with Crippen LogP contribution in [0.4, 0.5) is 4.39 Å². The lowest BCUT2D eigenvalue weighted by molar-refractivity contribution is 0.107. The van der Waals surface area contributed by atoms with Gasteiger partial charge in [-0.05, 0) is 42.9 Å². The predicted molar refractivity (Wildman–Crippen MR) is 64.4 cm³/mol. The molecule has 2 aliphatic rings. The average Bonchev–Trinajstić information content (AvgIpc) is 2.95. The zero-order valence-electron chi connectivity index (χ0n) is 9.92. The van der Waals surface area contributed by atoms with Crippen molar-refractivity contribution in [3.8, 4) is 0 Å². The number of hydrogen-bond acceptors (Lipinski definition) is 2. The predicted octanol–water partition coefficient (Wildman–Crippen LogP) is 2.58. The Balaban J connectivity index is 1.65. The van der Waals surface area contributed by atoms with E-state index in [4.69, 9.17) is 4.74 Å². The van der Waals surface area contributed by atoms with Crippen molar-refractivity contribution in [2.45, 2.75) is 37.8 Å². The molecule has 0 saturated carbocycles. The Morgan fingerprint density at radius 1 is 1.35 bits per heavy atom. The molecule has 1 aliphatic heterocycles. The standard InChI is InChI=1S/C14H18FNO/c15-13-5-1-4-12-11(13)6-7-14(12)16-9-10-3-2-8-17-10/h1,4-5,10,14,16H,2-3,6-9H2. The molecule has 0 amide bonds. The minimum Gasteiger partial charge on any atom is -0.377 e. The van der Waals surface area contributed by atoms with E-state index in [0.717, 1.165) is 43.5 Å². The van der Waals surface area contributed by atoms with Gasteiger partial charge in [-0.2, -0.15) is 0 Å². The van der Waals surface area contributed by atoms with Gasteiger partial charge in [0, 0.05) is 19.2 Å². The van der Waals surface area contributed by atoms with Crippen LogP contribution in [0.1, 0.15) is 36.4 Å². The Labute approximate surface area is 101 Å². The smallest absolute Gasteiger partial charge is 0.126 e. The van der Waals surface area contributed by atoms with Crippen LogP contribution >= 0.6 is 0 Å². The number of fused-ring (bicyclic) bond motifs is 1. The molecular weight excluding hydrogens is 217 g/mol. The first-order valence-corrected chi connectivity index (χ1v) is 6.47. The Morgan fingerprint density at radius 3 is 3.12 bits per heavy atom. The highest BCUT2D eigenvalue weighted by Crippen LogP contribution is 2.32. The molecule has 92 valence electrons. The Hall–Kier alpha value is -0.930. The maximum atomic E-state index is 13.6. The maximum absolute atomic E-state index is 13.6. The topological polar surface area (TPSA) is 21.3 Å². The van der Waals surface area contributed by atoms with Crippen LogP contribution in [-0.2, 0) is 11.2 Å². The molecule has 0 spiro atoms. The average molecular weight is 235 g/mol. The molecular formula is C14H18FNO. The molecule has 3 heteroatoms. The van der Waals surface area contributed by atoms with Crippen molar-refractivity contribution in [3.63, 3.8) is 0 Å². The van der Waals surface area contributed by atoms with Crippen LogP contribution in [0.15, 0.2) is 18.2 Å². The third-order valence-corrected chi connectivity index (χ3v) is 3.83. The van der Waals surface area contributed by atoms with Crippen LogP contribution in [-0.4, -0.2) is 19.3 Å². The van der Waals surface area contributed by atoms with Crippen molar-refractivity contribution < 1.29 is 9.13 Å². The second-order valence-electron chi connectivity index (χ2n) is 4.94. The highest BCUT2D eigenvalue weighted by atomic mass is 19.1. The van der Waals surface area contributed by atoms with Gasteiger partial charge < -0.3 is 10.1 Å². The molecule has 1 aromatic carbocycles. The van der Waals surface area contributed by atoms with Crippen LogP contribution in [0.2, 0.25) is 0 Å². The van der Waals surface area contributed by atoms with Crippen LogP contribution in [0.3, 0.4) is 0 Å². The van der Waals surface area contributed by atoms with Gasteiger partial charge in [-0.1, -0.05) is 12.1 Å². The molecule has 1 aliphatic carbocycles. The molecule has 17 heavy (non-hydrogen) atoms. The monoisotopic (exact) mass is 235 g/mol. The molecule has 2 nitrogen and oxygen atoms in total. The number of nitrogens with one attached hydrogen (secondary N) is 1. The molecule has 1 N–H and O–H groups in total. The van der Waals surface area contributed by atoms with E-state index in [2.05, 4.69) is 5.32 Å². The number of hydrogen-bond donors (Lipinski definition) is 1.